The zero-order valence-electron chi connectivity index (χ0n) is 10.7. The van der Waals surface area contributed by atoms with E-state index in [0.717, 1.165) is 41.3 Å². The van der Waals surface area contributed by atoms with Gasteiger partial charge < -0.3 is 10.1 Å². The van der Waals surface area contributed by atoms with E-state index in [2.05, 4.69) is 44.4 Å². The third-order valence-corrected chi connectivity index (χ3v) is 4.09. The van der Waals surface area contributed by atoms with Crippen molar-refractivity contribution in [3.05, 3.63) is 51.6 Å². The lowest BCUT2D eigenvalue weighted by molar-refractivity contribution is 0.357. The van der Waals surface area contributed by atoms with Gasteiger partial charge in [0.1, 0.15) is 11.6 Å². The van der Waals surface area contributed by atoms with E-state index in [0.29, 0.717) is 0 Å². The zero-order valence-corrected chi connectivity index (χ0v) is 12.3. The molecule has 3 nitrogen and oxygen atoms in total. The lowest BCUT2D eigenvalue weighted by Crippen LogP contribution is -2.02. The van der Waals surface area contributed by atoms with Crippen molar-refractivity contribution in [1.82, 2.24) is 4.98 Å². The highest BCUT2D eigenvalue weighted by atomic mass is 79.9. The van der Waals surface area contributed by atoms with E-state index < -0.39 is 0 Å². The number of hydrogen-bond acceptors (Lipinski definition) is 3. The third kappa shape index (κ3) is 2.73. The summed E-state index contributed by atoms with van der Waals surface area (Å²) in [5, 5.41) is 3.35. The number of nitrogens with zero attached hydrogens (tertiary/aromatic N) is 1. The lowest BCUT2D eigenvalue weighted by atomic mass is 10.1. The van der Waals surface area contributed by atoms with E-state index in [4.69, 9.17) is 4.74 Å². The fraction of sp³-hybridized carbons (Fsp3) is 0.267. The molecule has 0 fully saturated rings. The molecule has 0 aliphatic carbocycles. The topological polar surface area (TPSA) is 34.2 Å². The summed E-state index contributed by atoms with van der Waals surface area (Å²) >= 11 is 3.45. The molecule has 1 aliphatic heterocycles. The van der Waals surface area contributed by atoms with Crippen LogP contribution in [0.2, 0.25) is 0 Å². The molecular weight excluding hydrogens is 304 g/mol. The number of fused-ring (bicyclic) bond motifs is 1. The summed E-state index contributed by atoms with van der Waals surface area (Å²) in [7, 11) is 0. The largest absolute Gasteiger partial charge is 0.493 e. The number of aryl methyl sites for hydroxylation is 1. The zero-order chi connectivity index (χ0) is 13.2. The predicted octanol–water partition coefficient (Wildman–Crippen LogP) is 3.70. The smallest absolute Gasteiger partial charge is 0.126 e. The molecule has 3 rings (SSSR count). The van der Waals surface area contributed by atoms with Gasteiger partial charge >= 0.3 is 0 Å². The van der Waals surface area contributed by atoms with Gasteiger partial charge in [-0.1, -0.05) is 12.1 Å². The predicted molar refractivity (Wildman–Crippen MR) is 79.6 cm³/mol. The molecular formula is C15H15BrN2O. The number of nitrogens with one attached hydrogen (secondary N) is 1. The van der Waals surface area contributed by atoms with Crippen molar-refractivity contribution >= 4 is 21.7 Å². The minimum Gasteiger partial charge on any atom is -0.493 e. The maximum Gasteiger partial charge on any atom is 0.126 e. The van der Waals surface area contributed by atoms with Gasteiger partial charge in [0.25, 0.3) is 0 Å². The van der Waals surface area contributed by atoms with Crippen LogP contribution in [0.15, 0.2) is 34.8 Å². The van der Waals surface area contributed by atoms with Crippen LogP contribution in [0.25, 0.3) is 0 Å². The van der Waals surface area contributed by atoms with Crippen molar-refractivity contribution in [2.45, 2.75) is 19.9 Å². The van der Waals surface area contributed by atoms with Crippen LogP contribution >= 0.6 is 15.9 Å². The number of ether oxygens (including phenoxy) is 1. The Morgan fingerprint density at radius 2 is 2.21 bits per heavy atom. The number of halogens is 1. The molecule has 0 atom stereocenters. The Balaban J connectivity index is 1.70. The van der Waals surface area contributed by atoms with Crippen LogP contribution < -0.4 is 10.1 Å². The summed E-state index contributed by atoms with van der Waals surface area (Å²) in [6.07, 6.45) is 1.01. The summed E-state index contributed by atoms with van der Waals surface area (Å²) in [5.41, 5.74) is 3.55. The molecule has 0 bridgehead atoms. The van der Waals surface area contributed by atoms with Gasteiger partial charge in [-0.3, -0.25) is 0 Å². The van der Waals surface area contributed by atoms with Gasteiger partial charge in [0.2, 0.25) is 0 Å². The molecule has 4 heteroatoms. The van der Waals surface area contributed by atoms with Gasteiger partial charge in [0, 0.05) is 17.4 Å². The standard InChI is InChI=1S/C15H15BrN2O/c1-10-13(16)3-5-15(18-10)17-9-11-2-4-14-12(8-11)6-7-19-14/h2-5,8H,6-7,9H2,1H3,(H,17,18). The average Bonchev–Trinajstić information content (AvgIpc) is 2.87. The average molecular weight is 319 g/mol. The molecule has 2 heterocycles. The molecule has 1 N–H and O–H groups in total. The first-order valence-corrected chi connectivity index (χ1v) is 7.13. The molecule has 0 saturated heterocycles. The van der Waals surface area contributed by atoms with Gasteiger partial charge in [-0.15, -0.1) is 0 Å². The minimum atomic E-state index is 0.779. The van der Waals surface area contributed by atoms with Gasteiger partial charge in [0.15, 0.2) is 0 Å². The van der Waals surface area contributed by atoms with E-state index >= 15 is 0 Å². The van der Waals surface area contributed by atoms with E-state index in [1.54, 1.807) is 0 Å². The van der Waals surface area contributed by atoms with Crippen molar-refractivity contribution in [3.63, 3.8) is 0 Å². The highest BCUT2D eigenvalue weighted by Gasteiger charge is 2.11. The Morgan fingerprint density at radius 1 is 1.32 bits per heavy atom. The monoisotopic (exact) mass is 318 g/mol. The Labute approximate surface area is 121 Å². The van der Waals surface area contributed by atoms with Crippen molar-refractivity contribution in [2.75, 3.05) is 11.9 Å². The quantitative estimate of drug-likeness (QED) is 0.937. The van der Waals surface area contributed by atoms with E-state index in [1.807, 2.05) is 19.1 Å². The third-order valence-electron chi connectivity index (χ3n) is 3.25. The van der Waals surface area contributed by atoms with Gasteiger partial charge in [-0.25, -0.2) is 4.98 Å². The van der Waals surface area contributed by atoms with E-state index in [9.17, 15) is 0 Å². The summed E-state index contributed by atoms with van der Waals surface area (Å²) in [6.45, 7) is 3.57. The van der Waals surface area contributed by atoms with Gasteiger partial charge in [0.05, 0.1) is 12.3 Å². The number of benzene rings is 1. The number of rotatable bonds is 3. The Bertz CT molecular complexity index is 613. The number of pyridine rings is 1. The fourth-order valence-corrected chi connectivity index (χ4v) is 2.41. The van der Waals surface area contributed by atoms with Gasteiger partial charge in [-0.05, 0) is 52.2 Å². The van der Waals surface area contributed by atoms with Crippen LogP contribution in [0, 0.1) is 6.92 Å². The summed E-state index contributed by atoms with van der Waals surface area (Å²) < 4.78 is 6.54. The number of hydrogen-bond donors (Lipinski definition) is 1. The first-order valence-electron chi connectivity index (χ1n) is 6.34. The van der Waals surface area contributed by atoms with Crippen LogP contribution in [0.1, 0.15) is 16.8 Å². The van der Waals surface area contributed by atoms with Crippen molar-refractivity contribution in [2.24, 2.45) is 0 Å². The van der Waals surface area contributed by atoms with Crippen LogP contribution in [0.5, 0.6) is 5.75 Å². The Hall–Kier alpha value is -1.55. The van der Waals surface area contributed by atoms with Gasteiger partial charge in [-0.2, -0.15) is 0 Å². The summed E-state index contributed by atoms with van der Waals surface area (Å²) in [4.78, 5) is 4.48. The molecule has 0 unspecified atom stereocenters. The maximum atomic E-state index is 5.51. The molecule has 1 aromatic carbocycles. The summed E-state index contributed by atoms with van der Waals surface area (Å²) in [6, 6.07) is 10.4. The maximum absolute atomic E-state index is 5.51. The van der Waals surface area contributed by atoms with E-state index in [-0.39, 0.29) is 0 Å². The lowest BCUT2D eigenvalue weighted by Gasteiger charge is -2.08. The van der Waals surface area contributed by atoms with Crippen molar-refractivity contribution in [1.29, 1.82) is 0 Å². The molecule has 2 aromatic rings. The number of anilines is 1. The molecule has 0 saturated carbocycles. The molecule has 98 valence electrons. The first kappa shape index (κ1) is 12.5. The summed E-state index contributed by atoms with van der Waals surface area (Å²) in [5.74, 6) is 1.93. The fourth-order valence-electron chi connectivity index (χ4n) is 2.19. The Kier molecular flexibility index (Phi) is 3.42. The second-order valence-corrected chi connectivity index (χ2v) is 5.51. The highest BCUT2D eigenvalue weighted by molar-refractivity contribution is 9.10. The second-order valence-electron chi connectivity index (χ2n) is 4.66. The molecule has 1 aliphatic rings. The van der Waals surface area contributed by atoms with Crippen LogP contribution in [0.4, 0.5) is 5.82 Å². The van der Waals surface area contributed by atoms with Crippen molar-refractivity contribution < 1.29 is 4.74 Å². The first-order chi connectivity index (χ1) is 9.22. The second kappa shape index (κ2) is 5.21. The van der Waals surface area contributed by atoms with Crippen LogP contribution in [0.3, 0.4) is 0 Å². The normalized spacial score (nSPS) is 12.9. The molecule has 0 radical (unpaired) electrons. The van der Waals surface area contributed by atoms with Crippen LogP contribution in [-0.2, 0) is 13.0 Å². The van der Waals surface area contributed by atoms with Crippen molar-refractivity contribution in [3.8, 4) is 5.75 Å². The number of aromatic nitrogens is 1. The molecule has 1 aromatic heterocycles. The molecule has 19 heavy (non-hydrogen) atoms. The van der Waals surface area contributed by atoms with E-state index in [1.165, 1.54) is 11.1 Å². The molecule has 0 amide bonds. The minimum absolute atomic E-state index is 0.779. The highest BCUT2D eigenvalue weighted by Crippen LogP contribution is 2.26. The molecule has 0 spiro atoms. The SMILES string of the molecule is Cc1nc(NCc2ccc3c(c2)CCO3)ccc1Br. The Morgan fingerprint density at radius 3 is 3.05 bits per heavy atom. The van der Waals surface area contributed by atoms with Crippen LogP contribution in [-0.4, -0.2) is 11.6 Å².